The first kappa shape index (κ1) is 21.3. The summed E-state index contributed by atoms with van der Waals surface area (Å²) in [5.74, 6) is 0.0679. The Morgan fingerprint density at radius 3 is 2.45 bits per heavy atom. The van der Waals surface area contributed by atoms with E-state index in [0.29, 0.717) is 13.1 Å². The van der Waals surface area contributed by atoms with Gasteiger partial charge in [0.25, 0.3) is 11.5 Å². The molecule has 2 fully saturated rings. The van der Waals surface area contributed by atoms with Crippen LogP contribution >= 0.6 is 0 Å². The van der Waals surface area contributed by atoms with Crippen LogP contribution in [0, 0.1) is 6.92 Å². The number of ether oxygens (including phenoxy) is 1. The molecule has 4 rings (SSSR count). The van der Waals surface area contributed by atoms with E-state index in [2.05, 4.69) is 0 Å². The summed E-state index contributed by atoms with van der Waals surface area (Å²) >= 11 is 0. The molecule has 3 heterocycles. The van der Waals surface area contributed by atoms with Gasteiger partial charge in [0.15, 0.2) is 6.10 Å². The van der Waals surface area contributed by atoms with Gasteiger partial charge in [-0.2, -0.15) is 0 Å². The molecule has 0 radical (unpaired) electrons. The predicted octanol–water partition coefficient (Wildman–Crippen LogP) is 2.00. The lowest BCUT2D eigenvalue weighted by atomic mass is 9.89. The van der Waals surface area contributed by atoms with Crippen LogP contribution < -0.4 is 5.56 Å². The lowest BCUT2D eigenvalue weighted by molar-refractivity contribution is -0.168. The largest absolute Gasteiger partial charge is 0.356 e. The molecule has 7 heteroatoms. The number of nitrogens with zero attached hydrogens (tertiary/aromatic N) is 3. The molecular formula is C24H29N3O4. The maximum Gasteiger partial charge on any atom is 0.254 e. The maximum atomic E-state index is 13.5. The number of hydrogen-bond donors (Lipinski definition) is 0. The maximum absolute atomic E-state index is 13.5. The molecule has 2 aliphatic heterocycles. The number of likely N-dealkylation sites (N-methyl/N-ethyl adjacent to an activating group) is 1. The molecule has 0 unspecified atom stereocenters. The molecule has 2 saturated heterocycles. The number of piperidine rings is 1. The van der Waals surface area contributed by atoms with E-state index in [4.69, 9.17) is 4.74 Å². The van der Waals surface area contributed by atoms with E-state index in [1.165, 1.54) is 0 Å². The van der Waals surface area contributed by atoms with Crippen LogP contribution in [0.25, 0.3) is 0 Å². The minimum absolute atomic E-state index is 0.0135. The van der Waals surface area contributed by atoms with Gasteiger partial charge in [0, 0.05) is 39.4 Å². The molecule has 0 N–H and O–H groups in total. The number of aryl methyl sites for hydroxylation is 2. The first-order valence-corrected chi connectivity index (χ1v) is 10.7. The number of hydrogen-bond acceptors (Lipinski definition) is 4. The van der Waals surface area contributed by atoms with Crippen molar-refractivity contribution in [3.8, 4) is 0 Å². The van der Waals surface area contributed by atoms with Crippen LogP contribution in [0.2, 0.25) is 0 Å². The van der Waals surface area contributed by atoms with Gasteiger partial charge in [-0.3, -0.25) is 14.4 Å². The second kappa shape index (κ2) is 8.67. The molecule has 0 bridgehead atoms. The number of amides is 2. The second-order valence-corrected chi connectivity index (χ2v) is 8.55. The lowest BCUT2D eigenvalue weighted by Crippen LogP contribution is -2.55. The molecule has 2 aromatic rings. The van der Waals surface area contributed by atoms with E-state index >= 15 is 0 Å². The summed E-state index contributed by atoms with van der Waals surface area (Å²) < 4.78 is 7.37. The molecule has 31 heavy (non-hydrogen) atoms. The van der Waals surface area contributed by atoms with E-state index in [1.807, 2.05) is 42.2 Å². The average Bonchev–Trinajstić information content (AvgIpc) is 2.78. The summed E-state index contributed by atoms with van der Waals surface area (Å²) in [5, 5.41) is 0. The fourth-order valence-electron chi connectivity index (χ4n) is 4.64. The third-order valence-corrected chi connectivity index (χ3v) is 6.64. The Kier molecular flexibility index (Phi) is 5.96. The summed E-state index contributed by atoms with van der Waals surface area (Å²) in [6.07, 6.45) is 2.68. The van der Waals surface area contributed by atoms with Crippen LogP contribution in [0.3, 0.4) is 0 Å². The first-order chi connectivity index (χ1) is 14.9. The molecule has 2 amide bonds. The highest BCUT2D eigenvalue weighted by molar-refractivity contribution is 5.86. The molecule has 0 spiro atoms. The molecule has 0 aliphatic carbocycles. The lowest BCUT2D eigenvalue weighted by Gasteiger charge is -2.42. The highest BCUT2D eigenvalue weighted by Gasteiger charge is 2.42. The number of likely N-dealkylation sites (tertiary alicyclic amines) is 1. The molecule has 164 valence electrons. The Bertz CT molecular complexity index is 1040. The van der Waals surface area contributed by atoms with E-state index in [1.54, 1.807) is 35.8 Å². The van der Waals surface area contributed by atoms with Gasteiger partial charge >= 0.3 is 0 Å². The zero-order valence-electron chi connectivity index (χ0n) is 18.3. The van der Waals surface area contributed by atoms with Gasteiger partial charge in [-0.25, -0.2) is 0 Å². The summed E-state index contributed by atoms with van der Waals surface area (Å²) in [5.41, 5.74) is 2.99. The van der Waals surface area contributed by atoms with Gasteiger partial charge in [-0.05, 0) is 48.4 Å². The Balaban J connectivity index is 1.50. The predicted molar refractivity (Wildman–Crippen MR) is 117 cm³/mol. The van der Waals surface area contributed by atoms with Crippen LogP contribution in [0.4, 0.5) is 0 Å². The Morgan fingerprint density at radius 2 is 1.77 bits per heavy atom. The van der Waals surface area contributed by atoms with Crippen LogP contribution in [0.15, 0.2) is 47.4 Å². The highest BCUT2D eigenvalue weighted by atomic mass is 16.5. The number of carbonyl (C=O) groups excluding carboxylic acids is 2. The summed E-state index contributed by atoms with van der Waals surface area (Å²) in [7, 11) is 3.48. The van der Waals surface area contributed by atoms with E-state index < -0.39 is 12.1 Å². The Morgan fingerprint density at radius 1 is 1.06 bits per heavy atom. The highest BCUT2D eigenvalue weighted by Crippen LogP contribution is 2.34. The number of morpholine rings is 1. The van der Waals surface area contributed by atoms with Crippen molar-refractivity contribution in [3.05, 3.63) is 69.6 Å². The standard InChI is InChI=1S/C24H29N3O4/c1-16-6-4-5-7-19(16)22-23(31-15-21(29)26(22)3)24(30)27-12-9-17(10-13-27)18-8-11-25(2)20(28)14-18/h4-8,11,14,17,22-23H,9-10,12-13,15H2,1-3H3/t22-,23+/m1/s1. The summed E-state index contributed by atoms with van der Waals surface area (Å²) in [6, 6.07) is 11.1. The fourth-order valence-corrected chi connectivity index (χ4v) is 4.64. The molecule has 7 nitrogen and oxygen atoms in total. The third-order valence-electron chi connectivity index (χ3n) is 6.64. The van der Waals surface area contributed by atoms with Gasteiger partial charge in [-0.1, -0.05) is 24.3 Å². The van der Waals surface area contributed by atoms with Crippen molar-refractivity contribution in [1.29, 1.82) is 0 Å². The SMILES string of the molecule is Cc1ccccc1[C@@H]1[C@@H](C(=O)N2CCC(c3ccn(C)c(=O)c3)CC2)OCC(=O)N1C. The minimum atomic E-state index is -0.718. The molecular weight excluding hydrogens is 394 g/mol. The molecule has 2 aliphatic rings. The van der Waals surface area contributed by atoms with Gasteiger partial charge in [0.1, 0.15) is 6.61 Å². The molecule has 2 atom stereocenters. The van der Waals surface area contributed by atoms with Crippen molar-refractivity contribution in [2.75, 3.05) is 26.7 Å². The minimum Gasteiger partial charge on any atom is -0.356 e. The zero-order valence-corrected chi connectivity index (χ0v) is 18.3. The van der Waals surface area contributed by atoms with E-state index in [0.717, 1.165) is 29.5 Å². The van der Waals surface area contributed by atoms with Gasteiger partial charge < -0.3 is 19.1 Å². The fraction of sp³-hybridized carbons (Fsp3) is 0.458. The molecule has 1 aromatic carbocycles. The van der Waals surface area contributed by atoms with Crippen molar-refractivity contribution in [1.82, 2.24) is 14.4 Å². The van der Waals surface area contributed by atoms with Gasteiger partial charge in [-0.15, -0.1) is 0 Å². The van der Waals surface area contributed by atoms with E-state index in [-0.39, 0.29) is 29.9 Å². The normalized spacial score (nSPS) is 22.6. The monoisotopic (exact) mass is 423 g/mol. The second-order valence-electron chi connectivity index (χ2n) is 8.55. The topological polar surface area (TPSA) is 71.9 Å². The average molecular weight is 424 g/mol. The van der Waals surface area contributed by atoms with Crippen LogP contribution in [-0.4, -0.2) is 59.0 Å². The Labute approximate surface area is 182 Å². The number of pyridine rings is 1. The summed E-state index contributed by atoms with van der Waals surface area (Å²) in [4.78, 5) is 41.2. The zero-order chi connectivity index (χ0) is 22.1. The van der Waals surface area contributed by atoms with Crippen molar-refractivity contribution < 1.29 is 14.3 Å². The third kappa shape index (κ3) is 4.14. The van der Waals surface area contributed by atoms with Gasteiger partial charge in [0.05, 0.1) is 6.04 Å². The van der Waals surface area contributed by atoms with Crippen LogP contribution in [0.5, 0.6) is 0 Å². The molecule has 1 aromatic heterocycles. The van der Waals surface area contributed by atoms with E-state index in [9.17, 15) is 14.4 Å². The molecule has 0 saturated carbocycles. The van der Waals surface area contributed by atoms with Gasteiger partial charge in [0.2, 0.25) is 5.91 Å². The van der Waals surface area contributed by atoms with Crippen LogP contribution in [-0.2, 0) is 21.4 Å². The summed E-state index contributed by atoms with van der Waals surface area (Å²) in [6.45, 7) is 3.12. The van der Waals surface area contributed by atoms with Crippen molar-refractivity contribution in [2.24, 2.45) is 7.05 Å². The number of rotatable bonds is 3. The smallest absolute Gasteiger partial charge is 0.254 e. The number of carbonyl (C=O) groups is 2. The first-order valence-electron chi connectivity index (χ1n) is 10.7. The van der Waals surface area contributed by atoms with Crippen molar-refractivity contribution in [2.45, 2.75) is 37.8 Å². The van der Waals surface area contributed by atoms with Crippen molar-refractivity contribution in [3.63, 3.8) is 0 Å². The quantitative estimate of drug-likeness (QED) is 0.757. The van der Waals surface area contributed by atoms with Crippen molar-refractivity contribution >= 4 is 11.8 Å². The number of benzene rings is 1. The number of aromatic nitrogens is 1. The van der Waals surface area contributed by atoms with Crippen LogP contribution in [0.1, 0.15) is 41.5 Å². The Hall–Kier alpha value is -2.93.